The molecule has 0 aromatic heterocycles. The molecule has 2 heterocycles. The summed E-state index contributed by atoms with van der Waals surface area (Å²) in [5.74, 6) is -0.0134. The molecule has 0 bridgehead atoms. The van der Waals surface area contributed by atoms with E-state index >= 15 is 0 Å². The van der Waals surface area contributed by atoms with Crippen LogP contribution in [0.15, 0.2) is 24.3 Å². The molecule has 0 saturated carbocycles. The second kappa shape index (κ2) is 7.58. The highest BCUT2D eigenvalue weighted by Gasteiger charge is 2.27. The second-order valence-corrected chi connectivity index (χ2v) is 6.17. The first kappa shape index (κ1) is 16.0. The topological polar surface area (TPSA) is 62.6 Å². The van der Waals surface area contributed by atoms with Crippen LogP contribution in [0.2, 0.25) is 0 Å². The van der Waals surface area contributed by atoms with Gasteiger partial charge >= 0.3 is 0 Å². The van der Waals surface area contributed by atoms with Crippen molar-refractivity contribution < 1.29 is 14.3 Å². The van der Waals surface area contributed by atoms with E-state index in [0.717, 1.165) is 38.9 Å². The number of carbonyl (C=O) groups excluding carboxylic acids is 1. The van der Waals surface area contributed by atoms with Crippen LogP contribution in [0.1, 0.15) is 41.6 Å². The zero-order valence-electron chi connectivity index (χ0n) is 13.2. The highest BCUT2D eigenvalue weighted by molar-refractivity contribution is 5.94. The average Bonchev–Trinajstić information content (AvgIpc) is 3.27. The largest absolute Gasteiger partial charge is 0.376 e. The van der Waals surface area contributed by atoms with Gasteiger partial charge in [0.15, 0.2) is 0 Å². The van der Waals surface area contributed by atoms with Crippen LogP contribution in [-0.4, -0.2) is 49.3 Å². The van der Waals surface area contributed by atoms with Gasteiger partial charge in [0.1, 0.15) is 0 Å². The predicted octanol–water partition coefficient (Wildman–Crippen LogP) is 2.36. The Hall–Kier alpha value is -1.90. The fourth-order valence-electron chi connectivity index (χ4n) is 3.18. The molecule has 2 fully saturated rings. The fourth-order valence-corrected chi connectivity index (χ4v) is 3.18. The number of carbonyl (C=O) groups is 1. The molecule has 2 saturated heterocycles. The van der Waals surface area contributed by atoms with Crippen LogP contribution in [-0.2, 0) is 9.47 Å². The lowest BCUT2D eigenvalue weighted by molar-refractivity contribution is 0.0307. The van der Waals surface area contributed by atoms with Crippen molar-refractivity contribution in [2.45, 2.75) is 37.9 Å². The summed E-state index contributed by atoms with van der Waals surface area (Å²) in [4.78, 5) is 14.7. The predicted molar refractivity (Wildman–Crippen MR) is 85.0 cm³/mol. The van der Waals surface area contributed by atoms with Gasteiger partial charge in [-0.15, -0.1) is 0 Å². The number of nitriles is 1. The molecule has 1 amide bonds. The maximum atomic E-state index is 12.9. The zero-order valence-corrected chi connectivity index (χ0v) is 13.2. The molecule has 3 rings (SSSR count). The van der Waals surface area contributed by atoms with Gasteiger partial charge in [0.25, 0.3) is 5.91 Å². The molecule has 0 spiro atoms. The van der Waals surface area contributed by atoms with E-state index < -0.39 is 0 Å². The Bertz CT molecular complexity index is 549. The van der Waals surface area contributed by atoms with E-state index in [1.54, 1.807) is 24.3 Å². The minimum absolute atomic E-state index is 0.0134. The van der Waals surface area contributed by atoms with Gasteiger partial charge in [0.05, 0.1) is 23.8 Å². The van der Waals surface area contributed by atoms with Crippen molar-refractivity contribution in [3.8, 4) is 6.07 Å². The lowest BCUT2D eigenvalue weighted by atomic mass is 10.1. The van der Waals surface area contributed by atoms with Gasteiger partial charge in [-0.25, -0.2) is 0 Å². The number of hydrogen-bond donors (Lipinski definition) is 0. The normalized spacial score (nSPS) is 23.6. The summed E-state index contributed by atoms with van der Waals surface area (Å²) in [5, 5.41) is 8.88. The van der Waals surface area contributed by atoms with E-state index in [4.69, 9.17) is 14.7 Å². The first-order chi connectivity index (χ1) is 11.3. The summed E-state index contributed by atoms with van der Waals surface area (Å²) in [6.45, 7) is 2.78. The van der Waals surface area contributed by atoms with Gasteiger partial charge in [-0.2, -0.15) is 5.26 Å². The maximum Gasteiger partial charge on any atom is 0.254 e. The number of benzene rings is 1. The van der Waals surface area contributed by atoms with E-state index in [-0.39, 0.29) is 18.1 Å². The van der Waals surface area contributed by atoms with Crippen LogP contribution in [0.4, 0.5) is 0 Å². The Morgan fingerprint density at radius 1 is 1.09 bits per heavy atom. The number of ether oxygens (including phenoxy) is 2. The summed E-state index contributed by atoms with van der Waals surface area (Å²) in [6, 6.07) is 8.89. The molecule has 5 heteroatoms. The number of nitrogens with zero attached hydrogens (tertiary/aromatic N) is 2. The summed E-state index contributed by atoms with van der Waals surface area (Å²) in [7, 11) is 0. The Morgan fingerprint density at radius 3 is 2.09 bits per heavy atom. The molecule has 2 aliphatic heterocycles. The van der Waals surface area contributed by atoms with E-state index in [2.05, 4.69) is 6.07 Å². The van der Waals surface area contributed by atoms with Gasteiger partial charge in [-0.05, 0) is 49.9 Å². The standard InChI is InChI=1S/C18H22N2O3/c19-11-14-5-7-15(8-6-14)18(21)20(12-16-3-1-9-22-16)13-17-4-2-10-23-17/h5-8,16-17H,1-4,9-10,12-13H2. The van der Waals surface area contributed by atoms with Crippen LogP contribution in [0.25, 0.3) is 0 Å². The Kier molecular flexibility index (Phi) is 5.27. The number of amides is 1. The molecule has 1 aromatic carbocycles. The molecular formula is C18H22N2O3. The zero-order chi connectivity index (χ0) is 16.1. The third kappa shape index (κ3) is 4.10. The molecular weight excluding hydrogens is 292 g/mol. The smallest absolute Gasteiger partial charge is 0.254 e. The SMILES string of the molecule is N#Cc1ccc(C(=O)N(CC2CCCO2)CC2CCCO2)cc1. The van der Waals surface area contributed by atoms with Crippen molar-refractivity contribution >= 4 is 5.91 Å². The van der Waals surface area contributed by atoms with Crippen molar-refractivity contribution in [1.82, 2.24) is 4.90 Å². The first-order valence-corrected chi connectivity index (χ1v) is 8.29. The molecule has 0 aliphatic carbocycles. The minimum atomic E-state index is -0.0134. The average molecular weight is 314 g/mol. The summed E-state index contributed by atoms with van der Waals surface area (Å²) >= 11 is 0. The van der Waals surface area contributed by atoms with Crippen LogP contribution >= 0.6 is 0 Å². The van der Waals surface area contributed by atoms with E-state index in [1.807, 2.05) is 4.90 Å². The van der Waals surface area contributed by atoms with Crippen molar-refractivity contribution in [1.29, 1.82) is 5.26 Å². The summed E-state index contributed by atoms with van der Waals surface area (Å²) in [6.07, 6.45) is 4.37. The van der Waals surface area contributed by atoms with Crippen LogP contribution in [0, 0.1) is 11.3 Å². The molecule has 2 atom stereocenters. The molecule has 122 valence electrons. The van der Waals surface area contributed by atoms with Gasteiger partial charge < -0.3 is 14.4 Å². The third-order valence-corrected chi connectivity index (χ3v) is 4.44. The number of rotatable bonds is 5. The number of hydrogen-bond acceptors (Lipinski definition) is 4. The first-order valence-electron chi connectivity index (χ1n) is 8.29. The van der Waals surface area contributed by atoms with Gasteiger partial charge in [-0.1, -0.05) is 0 Å². The highest BCUT2D eigenvalue weighted by Crippen LogP contribution is 2.19. The van der Waals surface area contributed by atoms with Crippen molar-refractivity contribution in [3.63, 3.8) is 0 Å². The quantitative estimate of drug-likeness (QED) is 0.837. The van der Waals surface area contributed by atoms with Crippen LogP contribution < -0.4 is 0 Å². The summed E-state index contributed by atoms with van der Waals surface area (Å²) in [5.41, 5.74) is 1.17. The second-order valence-electron chi connectivity index (χ2n) is 6.17. The molecule has 5 nitrogen and oxygen atoms in total. The molecule has 0 N–H and O–H groups in total. The van der Waals surface area contributed by atoms with E-state index in [0.29, 0.717) is 24.2 Å². The van der Waals surface area contributed by atoms with Crippen molar-refractivity contribution in [2.24, 2.45) is 0 Å². The third-order valence-electron chi connectivity index (χ3n) is 4.44. The molecule has 2 aliphatic rings. The molecule has 23 heavy (non-hydrogen) atoms. The van der Waals surface area contributed by atoms with E-state index in [9.17, 15) is 4.79 Å². The summed E-state index contributed by atoms with van der Waals surface area (Å²) < 4.78 is 11.4. The maximum absolute atomic E-state index is 12.9. The fraction of sp³-hybridized carbons (Fsp3) is 0.556. The molecule has 1 aromatic rings. The Morgan fingerprint density at radius 2 is 1.65 bits per heavy atom. The highest BCUT2D eigenvalue weighted by atomic mass is 16.5. The Balaban J connectivity index is 1.71. The van der Waals surface area contributed by atoms with Crippen molar-refractivity contribution in [2.75, 3.05) is 26.3 Å². The van der Waals surface area contributed by atoms with E-state index in [1.165, 1.54) is 0 Å². The lowest BCUT2D eigenvalue weighted by Crippen LogP contribution is -2.42. The molecule has 2 unspecified atom stereocenters. The monoisotopic (exact) mass is 314 g/mol. The van der Waals surface area contributed by atoms with Crippen molar-refractivity contribution in [3.05, 3.63) is 35.4 Å². The Labute approximate surface area is 136 Å². The van der Waals surface area contributed by atoms with Crippen LogP contribution in [0.5, 0.6) is 0 Å². The minimum Gasteiger partial charge on any atom is -0.376 e. The van der Waals surface area contributed by atoms with Gasteiger partial charge in [0.2, 0.25) is 0 Å². The lowest BCUT2D eigenvalue weighted by Gasteiger charge is -2.28. The van der Waals surface area contributed by atoms with Gasteiger partial charge in [0, 0.05) is 31.9 Å². The van der Waals surface area contributed by atoms with Crippen LogP contribution in [0.3, 0.4) is 0 Å². The molecule has 0 radical (unpaired) electrons. The van der Waals surface area contributed by atoms with Gasteiger partial charge in [-0.3, -0.25) is 4.79 Å².